The Labute approximate surface area is 123 Å². The number of alkyl halides is 3. The van der Waals surface area contributed by atoms with Crippen molar-refractivity contribution in [3.8, 4) is 5.75 Å². The molecule has 6 heteroatoms. The van der Waals surface area contributed by atoms with Crippen LogP contribution in [0.15, 0.2) is 24.3 Å². The fraction of sp³-hybridized carbons (Fsp3) is 0.600. The monoisotopic (exact) mass is 305 g/mol. The predicted octanol–water partition coefficient (Wildman–Crippen LogP) is 3.04. The SMILES string of the molecule is CNCC(CCOCC(F)(F)F)Cc1cccc(OC)c1. The molecule has 0 heterocycles. The van der Waals surface area contributed by atoms with Gasteiger partial charge in [0.25, 0.3) is 0 Å². The minimum absolute atomic E-state index is 0.107. The highest BCUT2D eigenvalue weighted by atomic mass is 19.4. The van der Waals surface area contributed by atoms with Crippen molar-refractivity contribution in [1.29, 1.82) is 0 Å². The molecule has 0 fully saturated rings. The fourth-order valence-electron chi connectivity index (χ4n) is 2.14. The summed E-state index contributed by atoms with van der Waals surface area (Å²) in [5, 5.41) is 3.06. The van der Waals surface area contributed by atoms with Crippen LogP contribution < -0.4 is 10.1 Å². The van der Waals surface area contributed by atoms with Crippen molar-refractivity contribution in [2.75, 3.05) is 33.9 Å². The maximum Gasteiger partial charge on any atom is 0.411 e. The number of benzene rings is 1. The number of methoxy groups -OCH3 is 1. The first-order valence-electron chi connectivity index (χ1n) is 6.86. The molecule has 0 aliphatic rings. The number of rotatable bonds is 9. The summed E-state index contributed by atoms with van der Waals surface area (Å²) >= 11 is 0. The van der Waals surface area contributed by atoms with E-state index in [1.165, 1.54) is 0 Å². The number of hydrogen-bond acceptors (Lipinski definition) is 3. The normalized spacial score (nSPS) is 13.2. The standard InChI is InChI=1S/C15H22F3NO2/c1-19-10-13(6-7-21-11-15(16,17)18)8-12-4-3-5-14(9-12)20-2/h3-5,9,13,19H,6-8,10-11H2,1-2H3. The molecule has 1 rings (SSSR count). The van der Waals surface area contributed by atoms with Crippen LogP contribution in [-0.4, -0.2) is 40.1 Å². The lowest BCUT2D eigenvalue weighted by molar-refractivity contribution is -0.174. The molecule has 1 aromatic rings. The Hall–Kier alpha value is -1.27. The van der Waals surface area contributed by atoms with Crippen LogP contribution in [0, 0.1) is 5.92 Å². The van der Waals surface area contributed by atoms with Gasteiger partial charge in [0.2, 0.25) is 0 Å². The van der Waals surface area contributed by atoms with Gasteiger partial charge in [-0.25, -0.2) is 0 Å². The van der Waals surface area contributed by atoms with Gasteiger partial charge in [0.15, 0.2) is 0 Å². The zero-order valence-electron chi connectivity index (χ0n) is 12.4. The molecule has 0 saturated carbocycles. The van der Waals surface area contributed by atoms with Gasteiger partial charge < -0.3 is 14.8 Å². The van der Waals surface area contributed by atoms with Gasteiger partial charge >= 0.3 is 6.18 Å². The van der Waals surface area contributed by atoms with E-state index in [1.54, 1.807) is 7.11 Å². The summed E-state index contributed by atoms with van der Waals surface area (Å²) in [4.78, 5) is 0. The van der Waals surface area contributed by atoms with Gasteiger partial charge in [-0.05, 0) is 50.0 Å². The van der Waals surface area contributed by atoms with Crippen LogP contribution in [0.5, 0.6) is 5.75 Å². The molecule has 1 atom stereocenters. The van der Waals surface area contributed by atoms with E-state index in [0.717, 1.165) is 24.3 Å². The third-order valence-electron chi connectivity index (χ3n) is 3.09. The van der Waals surface area contributed by atoms with E-state index in [2.05, 4.69) is 10.1 Å². The molecule has 1 unspecified atom stereocenters. The average Bonchev–Trinajstić information content (AvgIpc) is 2.43. The molecule has 0 aliphatic heterocycles. The molecule has 21 heavy (non-hydrogen) atoms. The summed E-state index contributed by atoms with van der Waals surface area (Å²) in [5.74, 6) is 0.999. The molecule has 1 aromatic carbocycles. The molecule has 0 spiro atoms. The summed E-state index contributed by atoms with van der Waals surface area (Å²) in [7, 11) is 3.43. The van der Waals surface area contributed by atoms with Crippen LogP contribution in [0.3, 0.4) is 0 Å². The van der Waals surface area contributed by atoms with Crippen molar-refractivity contribution in [1.82, 2.24) is 5.32 Å². The molecule has 0 radical (unpaired) electrons. The molecule has 0 bridgehead atoms. The molecule has 0 saturated heterocycles. The zero-order valence-corrected chi connectivity index (χ0v) is 12.4. The highest BCUT2D eigenvalue weighted by molar-refractivity contribution is 5.28. The van der Waals surface area contributed by atoms with Gasteiger partial charge in [-0.15, -0.1) is 0 Å². The Kier molecular flexibility index (Phi) is 7.53. The summed E-state index contributed by atoms with van der Waals surface area (Å²) in [6.45, 7) is -0.346. The van der Waals surface area contributed by atoms with Crippen molar-refractivity contribution >= 4 is 0 Å². The van der Waals surface area contributed by atoms with Crippen LogP contribution in [-0.2, 0) is 11.2 Å². The van der Waals surface area contributed by atoms with Gasteiger partial charge in [0.05, 0.1) is 7.11 Å². The minimum Gasteiger partial charge on any atom is -0.497 e. The van der Waals surface area contributed by atoms with Crippen molar-refractivity contribution in [2.24, 2.45) is 5.92 Å². The first kappa shape index (κ1) is 17.8. The first-order chi connectivity index (χ1) is 9.94. The second-order valence-corrected chi connectivity index (χ2v) is 4.94. The average molecular weight is 305 g/mol. The lowest BCUT2D eigenvalue weighted by atomic mass is 9.96. The third-order valence-corrected chi connectivity index (χ3v) is 3.09. The highest BCUT2D eigenvalue weighted by Crippen LogP contribution is 2.19. The summed E-state index contributed by atoms with van der Waals surface area (Å²) in [5.41, 5.74) is 1.10. The number of hydrogen-bond donors (Lipinski definition) is 1. The van der Waals surface area contributed by atoms with Gasteiger partial charge in [0.1, 0.15) is 12.4 Å². The Morgan fingerprint density at radius 2 is 2.05 bits per heavy atom. The van der Waals surface area contributed by atoms with E-state index in [0.29, 0.717) is 6.42 Å². The van der Waals surface area contributed by atoms with Crippen LogP contribution in [0.2, 0.25) is 0 Å². The van der Waals surface area contributed by atoms with Crippen molar-refractivity contribution < 1.29 is 22.6 Å². The lowest BCUT2D eigenvalue weighted by Gasteiger charge is -2.17. The lowest BCUT2D eigenvalue weighted by Crippen LogP contribution is -2.24. The van der Waals surface area contributed by atoms with Crippen LogP contribution in [0.1, 0.15) is 12.0 Å². The quantitative estimate of drug-likeness (QED) is 0.711. The molecule has 0 aromatic heterocycles. The highest BCUT2D eigenvalue weighted by Gasteiger charge is 2.27. The van der Waals surface area contributed by atoms with E-state index < -0.39 is 12.8 Å². The molecule has 0 amide bonds. The number of ether oxygens (including phenoxy) is 2. The smallest absolute Gasteiger partial charge is 0.411 e. The molecular weight excluding hydrogens is 283 g/mol. The second kappa shape index (κ2) is 8.89. The minimum atomic E-state index is -4.26. The second-order valence-electron chi connectivity index (χ2n) is 4.94. The van der Waals surface area contributed by atoms with Crippen molar-refractivity contribution in [3.63, 3.8) is 0 Å². The Morgan fingerprint density at radius 3 is 2.67 bits per heavy atom. The first-order valence-corrected chi connectivity index (χ1v) is 6.86. The van der Waals surface area contributed by atoms with Crippen LogP contribution >= 0.6 is 0 Å². The van der Waals surface area contributed by atoms with Gasteiger partial charge in [0, 0.05) is 6.61 Å². The zero-order chi connectivity index (χ0) is 15.7. The molecular formula is C15H22F3NO2. The Morgan fingerprint density at radius 1 is 1.29 bits per heavy atom. The third kappa shape index (κ3) is 7.92. The molecule has 0 aliphatic carbocycles. The van der Waals surface area contributed by atoms with Crippen LogP contribution in [0.25, 0.3) is 0 Å². The van der Waals surface area contributed by atoms with Crippen LogP contribution in [0.4, 0.5) is 13.2 Å². The van der Waals surface area contributed by atoms with E-state index in [4.69, 9.17) is 4.74 Å². The van der Waals surface area contributed by atoms with Gasteiger partial charge in [-0.2, -0.15) is 13.2 Å². The van der Waals surface area contributed by atoms with Gasteiger partial charge in [-0.3, -0.25) is 0 Å². The van der Waals surface area contributed by atoms with E-state index in [-0.39, 0.29) is 12.5 Å². The maximum absolute atomic E-state index is 12.0. The summed E-state index contributed by atoms with van der Waals surface area (Å²) < 4.78 is 45.9. The Balaban J connectivity index is 2.45. The largest absolute Gasteiger partial charge is 0.497 e. The van der Waals surface area contributed by atoms with E-state index in [9.17, 15) is 13.2 Å². The molecule has 3 nitrogen and oxygen atoms in total. The van der Waals surface area contributed by atoms with Gasteiger partial charge in [-0.1, -0.05) is 12.1 Å². The molecule has 1 N–H and O–H groups in total. The predicted molar refractivity (Wildman–Crippen MR) is 75.6 cm³/mol. The summed E-state index contributed by atoms with van der Waals surface area (Å²) in [6.07, 6.45) is -2.91. The molecule has 120 valence electrons. The fourth-order valence-corrected chi connectivity index (χ4v) is 2.14. The number of halogens is 3. The summed E-state index contributed by atoms with van der Waals surface area (Å²) in [6, 6.07) is 7.70. The van der Waals surface area contributed by atoms with E-state index in [1.807, 2.05) is 31.3 Å². The van der Waals surface area contributed by atoms with Crippen molar-refractivity contribution in [2.45, 2.75) is 19.0 Å². The number of nitrogens with one attached hydrogen (secondary N) is 1. The topological polar surface area (TPSA) is 30.5 Å². The van der Waals surface area contributed by atoms with Crippen molar-refractivity contribution in [3.05, 3.63) is 29.8 Å². The van der Waals surface area contributed by atoms with E-state index >= 15 is 0 Å². The Bertz CT molecular complexity index is 410. The maximum atomic E-state index is 12.0.